The van der Waals surface area contributed by atoms with E-state index >= 15 is 0 Å². The summed E-state index contributed by atoms with van der Waals surface area (Å²) in [5.74, 6) is 0.641. The van der Waals surface area contributed by atoms with Gasteiger partial charge in [0.25, 0.3) is 0 Å². The van der Waals surface area contributed by atoms with E-state index in [4.69, 9.17) is 9.47 Å². The highest BCUT2D eigenvalue weighted by Crippen LogP contribution is 2.19. The van der Waals surface area contributed by atoms with E-state index in [2.05, 4.69) is 25.8 Å². The summed E-state index contributed by atoms with van der Waals surface area (Å²) in [5, 5.41) is 9.86. The molecule has 2 atom stereocenters. The number of nitrogens with zero attached hydrogens (tertiary/aromatic N) is 2. The summed E-state index contributed by atoms with van der Waals surface area (Å²) in [7, 11) is 0. The average molecular weight is 317 g/mol. The Morgan fingerprint density at radius 2 is 2.17 bits per heavy atom. The molecule has 0 radical (unpaired) electrons. The van der Waals surface area contributed by atoms with E-state index in [1.165, 1.54) is 0 Å². The first-order valence-electron chi connectivity index (χ1n) is 5.94. The first-order valence-corrected chi connectivity index (χ1v) is 6.73. The van der Waals surface area contributed by atoms with Gasteiger partial charge in [-0.2, -0.15) is 0 Å². The summed E-state index contributed by atoms with van der Waals surface area (Å²) in [6.07, 6.45) is 2.38. The third-order valence-corrected chi connectivity index (χ3v) is 3.19. The monoisotopic (exact) mass is 316 g/mol. The Labute approximate surface area is 115 Å². The minimum Gasteiger partial charge on any atom is -0.471 e. The molecular weight excluding hydrogens is 300 g/mol. The second-order valence-corrected chi connectivity index (χ2v) is 5.15. The maximum Gasteiger partial charge on any atom is 0.178 e. The zero-order valence-electron chi connectivity index (χ0n) is 10.3. The summed E-state index contributed by atoms with van der Waals surface area (Å²) in [6, 6.07) is 1.84. The fraction of sp³-hybridized carbons (Fsp3) is 0.583. The fourth-order valence-corrected chi connectivity index (χ4v) is 2.25. The Kier molecular flexibility index (Phi) is 4.94. The standard InChI is InChI=1S/C12H17BrN2O3/c1-9(16)12(15-2-4-17-5-3-15)18-11-6-10(13)7-14-8-11/h6-9,12,16H,2-5H2,1H3. The fourth-order valence-electron chi connectivity index (χ4n) is 1.91. The van der Waals surface area contributed by atoms with Crippen LogP contribution in [0, 0.1) is 0 Å². The highest BCUT2D eigenvalue weighted by molar-refractivity contribution is 9.10. The van der Waals surface area contributed by atoms with Gasteiger partial charge >= 0.3 is 0 Å². The summed E-state index contributed by atoms with van der Waals surface area (Å²) < 4.78 is 12.0. The van der Waals surface area contributed by atoms with Crippen LogP contribution in [0.2, 0.25) is 0 Å². The summed E-state index contributed by atoms with van der Waals surface area (Å²) in [5.41, 5.74) is 0. The Balaban J connectivity index is 2.05. The number of rotatable bonds is 4. The van der Waals surface area contributed by atoms with Crippen LogP contribution in [-0.4, -0.2) is 53.6 Å². The SMILES string of the molecule is CC(O)C(Oc1cncc(Br)c1)N1CCOCC1. The minimum atomic E-state index is -0.581. The van der Waals surface area contributed by atoms with Crippen molar-refractivity contribution < 1.29 is 14.6 Å². The first-order chi connectivity index (χ1) is 8.66. The molecule has 100 valence electrons. The lowest BCUT2D eigenvalue weighted by Gasteiger charge is -2.35. The molecule has 0 bridgehead atoms. The van der Waals surface area contributed by atoms with E-state index in [1.807, 2.05) is 6.07 Å². The van der Waals surface area contributed by atoms with Crippen molar-refractivity contribution in [2.24, 2.45) is 0 Å². The molecule has 0 amide bonds. The molecule has 2 unspecified atom stereocenters. The third-order valence-electron chi connectivity index (χ3n) is 2.75. The van der Waals surface area contributed by atoms with Gasteiger partial charge in [0.05, 0.1) is 19.4 Å². The van der Waals surface area contributed by atoms with E-state index in [0.717, 1.165) is 17.6 Å². The van der Waals surface area contributed by atoms with Gasteiger partial charge in [-0.3, -0.25) is 9.88 Å². The Morgan fingerprint density at radius 3 is 2.78 bits per heavy atom. The summed E-state index contributed by atoms with van der Waals surface area (Å²) >= 11 is 3.35. The number of hydrogen-bond donors (Lipinski definition) is 1. The molecule has 2 heterocycles. The third kappa shape index (κ3) is 3.65. The average Bonchev–Trinajstić information content (AvgIpc) is 2.37. The lowest BCUT2D eigenvalue weighted by Crippen LogP contribution is -2.51. The Bertz CT molecular complexity index is 383. The van der Waals surface area contributed by atoms with Crippen molar-refractivity contribution >= 4 is 15.9 Å². The second-order valence-electron chi connectivity index (χ2n) is 4.24. The molecule has 6 heteroatoms. The van der Waals surface area contributed by atoms with E-state index in [9.17, 15) is 5.11 Å². The highest BCUT2D eigenvalue weighted by atomic mass is 79.9. The van der Waals surface area contributed by atoms with Crippen LogP contribution in [0.4, 0.5) is 0 Å². The number of aromatic nitrogens is 1. The largest absolute Gasteiger partial charge is 0.471 e. The zero-order valence-corrected chi connectivity index (χ0v) is 11.8. The predicted molar refractivity (Wildman–Crippen MR) is 70.4 cm³/mol. The minimum absolute atomic E-state index is 0.370. The van der Waals surface area contributed by atoms with Crippen molar-refractivity contribution in [3.8, 4) is 5.75 Å². The number of pyridine rings is 1. The molecular formula is C12H17BrN2O3. The van der Waals surface area contributed by atoms with Gasteiger partial charge in [-0.25, -0.2) is 0 Å². The van der Waals surface area contributed by atoms with Gasteiger partial charge in [0.15, 0.2) is 6.23 Å². The molecule has 0 saturated carbocycles. The molecule has 1 aliphatic rings. The van der Waals surface area contributed by atoms with Crippen LogP contribution in [0.25, 0.3) is 0 Å². The van der Waals surface area contributed by atoms with Crippen molar-refractivity contribution in [2.75, 3.05) is 26.3 Å². The normalized spacial score (nSPS) is 20.4. The van der Waals surface area contributed by atoms with Gasteiger partial charge in [-0.15, -0.1) is 0 Å². The van der Waals surface area contributed by atoms with Gasteiger partial charge in [0.2, 0.25) is 0 Å². The van der Waals surface area contributed by atoms with E-state index in [1.54, 1.807) is 19.3 Å². The topological polar surface area (TPSA) is 54.8 Å². The van der Waals surface area contributed by atoms with Crippen LogP contribution in [0.5, 0.6) is 5.75 Å². The van der Waals surface area contributed by atoms with Crippen LogP contribution in [0.15, 0.2) is 22.9 Å². The number of halogens is 1. The van der Waals surface area contributed by atoms with Gasteiger partial charge in [0, 0.05) is 23.8 Å². The number of aliphatic hydroxyl groups is 1. The van der Waals surface area contributed by atoms with Gasteiger partial charge in [-0.1, -0.05) is 0 Å². The maximum atomic E-state index is 9.86. The summed E-state index contributed by atoms with van der Waals surface area (Å²) in [6.45, 7) is 4.59. The van der Waals surface area contributed by atoms with Gasteiger partial charge in [-0.05, 0) is 28.9 Å². The van der Waals surface area contributed by atoms with Crippen molar-refractivity contribution in [1.82, 2.24) is 9.88 Å². The van der Waals surface area contributed by atoms with Gasteiger partial charge in [0.1, 0.15) is 11.9 Å². The molecule has 1 N–H and O–H groups in total. The van der Waals surface area contributed by atoms with Crippen molar-refractivity contribution in [3.05, 3.63) is 22.9 Å². The van der Waals surface area contributed by atoms with E-state index in [0.29, 0.717) is 19.0 Å². The molecule has 0 aromatic carbocycles. The highest BCUT2D eigenvalue weighted by Gasteiger charge is 2.26. The number of aliphatic hydroxyl groups excluding tert-OH is 1. The van der Waals surface area contributed by atoms with Crippen LogP contribution in [0.1, 0.15) is 6.92 Å². The lowest BCUT2D eigenvalue weighted by molar-refractivity contribution is -0.0942. The summed E-state index contributed by atoms with van der Waals surface area (Å²) in [4.78, 5) is 6.12. The zero-order chi connectivity index (χ0) is 13.0. The maximum absolute atomic E-state index is 9.86. The molecule has 1 saturated heterocycles. The predicted octanol–water partition coefficient (Wildman–Crippen LogP) is 1.26. The lowest BCUT2D eigenvalue weighted by atomic mass is 10.3. The molecule has 0 aliphatic carbocycles. The van der Waals surface area contributed by atoms with Gasteiger partial charge < -0.3 is 14.6 Å². The molecule has 1 aliphatic heterocycles. The first kappa shape index (κ1) is 13.7. The van der Waals surface area contributed by atoms with E-state index < -0.39 is 6.10 Å². The molecule has 5 nitrogen and oxygen atoms in total. The van der Waals surface area contributed by atoms with Crippen LogP contribution in [0.3, 0.4) is 0 Å². The molecule has 0 spiro atoms. The Morgan fingerprint density at radius 1 is 1.44 bits per heavy atom. The molecule has 1 aromatic heterocycles. The van der Waals surface area contributed by atoms with Crippen LogP contribution < -0.4 is 4.74 Å². The number of morpholine rings is 1. The molecule has 1 fully saturated rings. The number of hydrogen-bond acceptors (Lipinski definition) is 5. The molecule has 1 aromatic rings. The molecule has 2 rings (SSSR count). The quantitative estimate of drug-likeness (QED) is 0.906. The van der Waals surface area contributed by atoms with Crippen molar-refractivity contribution in [2.45, 2.75) is 19.3 Å². The van der Waals surface area contributed by atoms with Crippen molar-refractivity contribution in [3.63, 3.8) is 0 Å². The second kappa shape index (κ2) is 6.47. The van der Waals surface area contributed by atoms with Crippen LogP contribution >= 0.6 is 15.9 Å². The van der Waals surface area contributed by atoms with Crippen molar-refractivity contribution in [1.29, 1.82) is 0 Å². The molecule has 18 heavy (non-hydrogen) atoms. The van der Waals surface area contributed by atoms with E-state index in [-0.39, 0.29) is 6.23 Å². The Hall–Kier alpha value is -0.690. The number of ether oxygens (including phenoxy) is 2. The smallest absolute Gasteiger partial charge is 0.178 e. The van der Waals surface area contributed by atoms with Crippen LogP contribution in [-0.2, 0) is 4.74 Å².